The minimum atomic E-state index is -0.190. The number of rotatable bonds is 3. The van der Waals surface area contributed by atoms with Gasteiger partial charge in [-0.1, -0.05) is 0 Å². The molecule has 0 atom stereocenters. The van der Waals surface area contributed by atoms with Crippen molar-refractivity contribution in [1.29, 1.82) is 0 Å². The van der Waals surface area contributed by atoms with Gasteiger partial charge < -0.3 is 9.30 Å². The van der Waals surface area contributed by atoms with Gasteiger partial charge in [0.15, 0.2) is 4.96 Å². The van der Waals surface area contributed by atoms with Crippen LogP contribution in [-0.2, 0) is 7.05 Å². The zero-order valence-corrected chi connectivity index (χ0v) is 11.9. The second-order valence-corrected chi connectivity index (χ2v) is 5.14. The molecule has 0 bridgehead atoms. The van der Waals surface area contributed by atoms with E-state index in [4.69, 9.17) is 4.74 Å². The first-order valence-electron chi connectivity index (χ1n) is 6.04. The number of nitrogens with zero attached hydrogens (tertiary/aromatic N) is 3. The Morgan fingerprint density at radius 1 is 1.35 bits per heavy atom. The van der Waals surface area contributed by atoms with Crippen LogP contribution in [0.1, 0.15) is 11.4 Å². The van der Waals surface area contributed by atoms with E-state index in [-0.39, 0.29) is 11.3 Å². The molecule has 0 unspecified atom stereocenters. The van der Waals surface area contributed by atoms with Gasteiger partial charge in [-0.05, 0) is 24.3 Å². The topological polar surface area (TPSA) is 48.5 Å². The van der Waals surface area contributed by atoms with Crippen LogP contribution in [0.25, 0.3) is 17.1 Å². The summed E-state index contributed by atoms with van der Waals surface area (Å²) in [6, 6.07) is 3.95. The van der Waals surface area contributed by atoms with Crippen LogP contribution in [0.2, 0.25) is 0 Å². The third kappa shape index (κ3) is 2.04. The summed E-state index contributed by atoms with van der Waals surface area (Å²) in [5, 5.41) is 1.83. The number of hydrogen-bond donors (Lipinski definition) is 0. The van der Waals surface area contributed by atoms with Crippen LogP contribution >= 0.6 is 11.3 Å². The van der Waals surface area contributed by atoms with Crippen molar-refractivity contribution in [3.05, 3.63) is 51.6 Å². The molecule has 0 aromatic carbocycles. The van der Waals surface area contributed by atoms with E-state index in [0.29, 0.717) is 10.7 Å². The van der Waals surface area contributed by atoms with E-state index >= 15 is 0 Å². The highest BCUT2D eigenvalue weighted by Crippen LogP contribution is 2.17. The Morgan fingerprint density at radius 2 is 2.20 bits per heavy atom. The summed E-state index contributed by atoms with van der Waals surface area (Å²) in [5.74, 6) is 0.256. The van der Waals surface area contributed by atoms with Gasteiger partial charge in [-0.25, -0.2) is 4.98 Å². The van der Waals surface area contributed by atoms with E-state index in [1.54, 1.807) is 12.3 Å². The normalized spacial score (nSPS) is 11.5. The molecule has 3 aromatic rings. The summed E-state index contributed by atoms with van der Waals surface area (Å²) in [4.78, 5) is 17.3. The number of thiazole rings is 1. The van der Waals surface area contributed by atoms with E-state index in [1.807, 2.05) is 41.4 Å². The van der Waals surface area contributed by atoms with Crippen molar-refractivity contribution in [2.24, 2.45) is 7.05 Å². The van der Waals surface area contributed by atoms with Crippen molar-refractivity contribution in [2.75, 3.05) is 7.11 Å². The zero-order chi connectivity index (χ0) is 14.1. The van der Waals surface area contributed by atoms with Gasteiger partial charge in [0, 0.05) is 30.5 Å². The fourth-order valence-corrected chi connectivity index (χ4v) is 2.71. The van der Waals surface area contributed by atoms with Crippen molar-refractivity contribution in [3.63, 3.8) is 0 Å². The van der Waals surface area contributed by atoms with Crippen LogP contribution in [0.5, 0.6) is 5.75 Å². The molecule has 0 N–H and O–H groups in total. The van der Waals surface area contributed by atoms with Crippen LogP contribution in [0.4, 0.5) is 0 Å². The molecular formula is C14H13N3O2S. The summed E-state index contributed by atoms with van der Waals surface area (Å²) in [6.07, 6.45) is 7.37. The Kier molecular flexibility index (Phi) is 3.15. The Bertz CT molecular complexity index is 842. The molecule has 0 aliphatic heterocycles. The second kappa shape index (κ2) is 4.97. The van der Waals surface area contributed by atoms with E-state index in [1.165, 1.54) is 22.8 Å². The van der Waals surface area contributed by atoms with Crippen LogP contribution in [0.3, 0.4) is 0 Å². The van der Waals surface area contributed by atoms with Gasteiger partial charge in [0.25, 0.3) is 0 Å². The van der Waals surface area contributed by atoms with Gasteiger partial charge in [0.1, 0.15) is 5.69 Å². The second-order valence-electron chi connectivity index (χ2n) is 4.27. The van der Waals surface area contributed by atoms with Crippen LogP contribution in [0.15, 0.2) is 34.7 Å². The van der Waals surface area contributed by atoms with Crippen LogP contribution < -0.4 is 10.3 Å². The standard InChI is InChI=1S/C14H13N3O2S/c1-16-7-3-4-10(16)5-6-11-12(19-2)13(18)17-8-9-20-14(17)15-11/h3-9H,1-2H3. The number of aromatic nitrogens is 3. The summed E-state index contributed by atoms with van der Waals surface area (Å²) in [5.41, 5.74) is 1.38. The maximum atomic E-state index is 12.2. The number of ether oxygens (including phenoxy) is 1. The molecule has 0 fully saturated rings. The minimum Gasteiger partial charge on any atom is -0.490 e. The highest BCUT2D eigenvalue weighted by atomic mass is 32.1. The predicted octanol–water partition coefficient (Wildman–Crippen LogP) is 2.27. The SMILES string of the molecule is COc1c(C=Cc2cccn2C)nc2sccn2c1=O. The molecule has 0 saturated carbocycles. The molecule has 0 saturated heterocycles. The first-order chi connectivity index (χ1) is 9.70. The zero-order valence-electron chi connectivity index (χ0n) is 11.1. The highest BCUT2D eigenvalue weighted by molar-refractivity contribution is 7.15. The van der Waals surface area contributed by atoms with Gasteiger partial charge in [0.05, 0.1) is 7.11 Å². The fourth-order valence-electron chi connectivity index (χ4n) is 2.00. The lowest BCUT2D eigenvalue weighted by Crippen LogP contribution is -2.16. The molecule has 0 radical (unpaired) electrons. The molecule has 0 spiro atoms. The lowest BCUT2D eigenvalue weighted by atomic mass is 10.3. The molecule has 0 aliphatic carbocycles. The third-order valence-corrected chi connectivity index (χ3v) is 3.81. The first-order valence-corrected chi connectivity index (χ1v) is 6.92. The molecule has 3 heterocycles. The maximum Gasteiger partial charge on any atom is 0.301 e. The molecular weight excluding hydrogens is 274 g/mol. The molecule has 0 amide bonds. The Labute approximate surface area is 119 Å². The summed E-state index contributed by atoms with van der Waals surface area (Å²) in [7, 11) is 3.44. The Balaban J connectivity index is 2.13. The number of methoxy groups -OCH3 is 1. The Morgan fingerprint density at radius 3 is 2.90 bits per heavy atom. The smallest absolute Gasteiger partial charge is 0.301 e. The minimum absolute atomic E-state index is 0.190. The van der Waals surface area contributed by atoms with Gasteiger partial charge in [-0.15, -0.1) is 11.3 Å². The lowest BCUT2D eigenvalue weighted by molar-refractivity contribution is 0.404. The monoisotopic (exact) mass is 287 g/mol. The van der Waals surface area contributed by atoms with E-state index in [0.717, 1.165) is 5.69 Å². The van der Waals surface area contributed by atoms with Crippen molar-refractivity contribution < 1.29 is 4.74 Å². The largest absolute Gasteiger partial charge is 0.490 e. The first kappa shape index (κ1) is 12.7. The molecule has 6 heteroatoms. The van der Waals surface area contributed by atoms with Gasteiger partial charge >= 0.3 is 5.56 Å². The van der Waals surface area contributed by atoms with Crippen LogP contribution in [-0.4, -0.2) is 21.1 Å². The van der Waals surface area contributed by atoms with Crippen molar-refractivity contribution >= 4 is 28.4 Å². The highest BCUT2D eigenvalue weighted by Gasteiger charge is 2.11. The molecule has 0 aliphatic rings. The molecule has 102 valence electrons. The molecule has 20 heavy (non-hydrogen) atoms. The van der Waals surface area contributed by atoms with Crippen LogP contribution in [0, 0.1) is 0 Å². The van der Waals surface area contributed by atoms with Gasteiger partial charge in [-0.2, -0.15) is 0 Å². The Hall–Kier alpha value is -2.34. The molecule has 5 nitrogen and oxygen atoms in total. The third-order valence-electron chi connectivity index (χ3n) is 3.05. The van der Waals surface area contributed by atoms with Crippen molar-refractivity contribution in [1.82, 2.24) is 14.0 Å². The van der Waals surface area contributed by atoms with Gasteiger partial charge in [0.2, 0.25) is 5.75 Å². The molecule has 3 rings (SSSR count). The fraction of sp³-hybridized carbons (Fsp3) is 0.143. The average Bonchev–Trinajstić information content (AvgIpc) is 3.05. The van der Waals surface area contributed by atoms with E-state index in [9.17, 15) is 4.79 Å². The quantitative estimate of drug-likeness (QED) is 0.742. The van der Waals surface area contributed by atoms with Crippen molar-refractivity contribution in [2.45, 2.75) is 0 Å². The number of fused-ring (bicyclic) bond motifs is 1. The summed E-state index contributed by atoms with van der Waals surface area (Å²) in [6.45, 7) is 0. The molecule has 3 aromatic heterocycles. The summed E-state index contributed by atoms with van der Waals surface area (Å²) >= 11 is 1.42. The maximum absolute atomic E-state index is 12.2. The van der Waals surface area contributed by atoms with E-state index < -0.39 is 0 Å². The van der Waals surface area contributed by atoms with Gasteiger partial charge in [-0.3, -0.25) is 9.20 Å². The summed E-state index contributed by atoms with van der Waals surface area (Å²) < 4.78 is 8.68. The van der Waals surface area contributed by atoms with Crippen molar-refractivity contribution in [3.8, 4) is 5.75 Å². The predicted molar refractivity (Wildman–Crippen MR) is 80.2 cm³/mol. The number of aryl methyl sites for hydroxylation is 1. The van der Waals surface area contributed by atoms with E-state index in [2.05, 4.69) is 4.98 Å². The number of hydrogen-bond acceptors (Lipinski definition) is 4. The lowest BCUT2D eigenvalue weighted by Gasteiger charge is -2.04. The average molecular weight is 287 g/mol.